The maximum Gasteiger partial charge on any atom is 0.267 e. The lowest BCUT2D eigenvalue weighted by atomic mass is 9.95. The Bertz CT molecular complexity index is 816. The number of carbonyl (C=O) groups excluding carboxylic acids is 1. The molecule has 0 bridgehead atoms. The largest absolute Gasteiger partial charge is 0.497 e. The fourth-order valence-electron chi connectivity index (χ4n) is 3.31. The minimum absolute atomic E-state index is 0.0110. The molecule has 25 heavy (non-hydrogen) atoms. The summed E-state index contributed by atoms with van der Waals surface area (Å²) in [6.07, 6.45) is 2.96. The molecule has 1 aromatic heterocycles. The summed E-state index contributed by atoms with van der Waals surface area (Å²) in [5.74, 6) is 0.708. The smallest absolute Gasteiger partial charge is 0.267 e. The number of likely N-dealkylation sites (tertiary alicyclic amines) is 1. The van der Waals surface area contributed by atoms with Crippen molar-refractivity contribution >= 4 is 5.91 Å². The quantitative estimate of drug-likeness (QED) is 0.856. The second kappa shape index (κ2) is 7.51. The van der Waals surface area contributed by atoms with Crippen molar-refractivity contribution in [1.82, 2.24) is 14.7 Å². The number of amides is 1. The molecule has 0 spiro atoms. The van der Waals surface area contributed by atoms with Gasteiger partial charge in [-0.3, -0.25) is 9.59 Å². The Labute approximate surface area is 147 Å². The van der Waals surface area contributed by atoms with E-state index in [1.807, 2.05) is 29.2 Å². The van der Waals surface area contributed by atoms with E-state index in [2.05, 4.69) is 5.10 Å². The number of rotatable bonds is 4. The van der Waals surface area contributed by atoms with Crippen LogP contribution >= 0.6 is 0 Å². The zero-order valence-corrected chi connectivity index (χ0v) is 14.6. The molecule has 2 heterocycles. The maximum atomic E-state index is 12.9. The predicted octanol–water partition coefficient (Wildman–Crippen LogP) is 2.31. The zero-order valence-electron chi connectivity index (χ0n) is 14.6. The monoisotopic (exact) mass is 341 g/mol. The van der Waals surface area contributed by atoms with E-state index in [1.165, 1.54) is 10.7 Å². The molecule has 1 saturated heterocycles. The number of aryl methyl sites for hydroxylation is 1. The van der Waals surface area contributed by atoms with Crippen molar-refractivity contribution < 1.29 is 9.53 Å². The van der Waals surface area contributed by atoms with Crippen LogP contribution in [-0.4, -0.2) is 34.2 Å². The number of aromatic nitrogens is 2. The van der Waals surface area contributed by atoms with Gasteiger partial charge in [0.05, 0.1) is 18.8 Å². The van der Waals surface area contributed by atoms with Crippen LogP contribution in [0.3, 0.4) is 0 Å². The summed E-state index contributed by atoms with van der Waals surface area (Å²) in [6, 6.07) is 11.0. The Kier molecular flexibility index (Phi) is 5.16. The predicted molar refractivity (Wildman–Crippen MR) is 94.5 cm³/mol. The number of piperidine rings is 1. The van der Waals surface area contributed by atoms with Crippen LogP contribution in [0.15, 0.2) is 41.2 Å². The van der Waals surface area contributed by atoms with E-state index in [0.29, 0.717) is 6.54 Å². The Hall–Kier alpha value is -2.63. The third kappa shape index (κ3) is 3.90. The molecule has 1 aliphatic heterocycles. The Morgan fingerprint density at radius 2 is 2.12 bits per heavy atom. The van der Waals surface area contributed by atoms with E-state index in [9.17, 15) is 9.59 Å². The van der Waals surface area contributed by atoms with Crippen LogP contribution in [0.5, 0.6) is 5.75 Å². The highest BCUT2D eigenvalue weighted by Gasteiger charge is 2.28. The molecule has 1 aromatic carbocycles. The molecule has 132 valence electrons. The summed E-state index contributed by atoms with van der Waals surface area (Å²) in [6.45, 7) is 2.47. The van der Waals surface area contributed by atoms with Crippen molar-refractivity contribution in [1.29, 1.82) is 0 Å². The van der Waals surface area contributed by atoms with Gasteiger partial charge >= 0.3 is 0 Å². The van der Waals surface area contributed by atoms with Crippen molar-refractivity contribution in [3.05, 3.63) is 58.0 Å². The maximum absolute atomic E-state index is 12.9. The minimum Gasteiger partial charge on any atom is -0.497 e. The van der Waals surface area contributed by atoms with Gasteiger partial charge in [0, 0.05) is 12.6 Å². The van der Waals surface area contributed by atoms with Gasteiger partial charge in [0.15, 0.2) is 0 Å². The van der Waals surface area contributed by atoms with Gasteiger partial charge in [-0.05, 0) is 49.9 Å². The van der Waals surface area contributed by atoms with Gasteiger partial charge in [-0.25, -0.2) is 4.68 Å². The molecule has 1 fully saturated rings. The fourth-order valence-corrected chi connectivity index (χ4v) is 3.31. The standard InChI is InChI=1S/C19H23N3O3/c1-14-9-10-18(23)22(20-14)13-19(24)21-11-4-3-8-17(21)15-6-5-7-16(12-15)25-2/h5-7,9-10,12,17H,3-4,8,11,13H2,1-2H3/t17-/m0/s1. The van der Waals surface area contributed by atoms with Crippen molar-refractivity contribution in [2.75, 3.05) is 13.7 Å². The molecular formula is C19H23N3O3. The third-order valence-electron chi connectivity index (χ3n) is 4.59. The van der Waals surface area contributed by atoms with Gasteiger partial charge in [-0.1, -0.05) is 12.1 Å². The highest BCUT2D eigenvalue weighted by molar-refractivity contribution is 5.76. The van der Waals surface area contributed by atoms with Gasteiger partial charge in [0.25, 0.3) is 5.56 Å². The molecule has 1 atom stereocenters. The highest BCUT2D eigenvalue weighted by atomic mass is 16.5. The third-order valence-corrected chi connectivity index (χ3v) is 4.59. The first-order valence-corrected chi connectivity index (χ1v) is 8.56. The van der Waals surface area contributed by atoms with Crippen LogP contribution in [0, 0.1) is 6.92 Å². The van der Waals surface area contributed by atoms with Gasteiger partial charge in [-0.15, -0.1) is 0 Å². The van der Waals surface area contributed by atoms with Crippen molar-refractivity contribution in [3.63, 3.8) is 0 Å². The Morgan fingerprint density at radius 3 is 2.92 bits per heavy atom. The molecule has 0 saturated carbocycles. The van der Waals surface area contributed by atoms with Crippen LogP contribution < -0.4 is 10.3 Å². The molecule has 3 rings (SSSR count). The lowest BCUT2D eigenvalue weighted by Gasteiger charge is -2.36. The molecule has 0 N–H and O–H groups in total. The molecule has 0 radical (unpaired) electrons. The summed E-state index contributed by atoms with van der Waals surface area (Å²) < 4.78 is 6.55. The van der Waals surface area contributed by atoms with Crippen LogP contribution in [0.1, 0.15) is 36.6 Å². The molecule has 6 nitrogen and oxygen atoms in total. The molecule has 0 unspecified atom stereocenters. The molecule has 6 heteroatoms. The number of hydrogen-bond acceptors (Lipinski definition) is 4. The number of methoxy groups -OCH3 is 1. The number of benzene rings is 1. The van der Waals surface area contributed by atoms with E-state index in [-0.39, 0.29) is 24.1 Å². The first-order valence-electron chi connectivity index (χ1n) is 8.56. The van der Waals surface area contributed by atoms with E-state index >= 15 is 0 Å². The van der Waals surface area contributed by atoms with Crippen molar-refractivity contribution in [2.45, 2.75) is 38.8 Å². The Morgan fingerprint density at radius 1 is 1.28 bits per heavy atom. The molecule has 1 aliphatic rings. The van der Waals surface area contributed by atoms with Gasteiger partial charge in [0.1, 0.15) is 12.3 Å². The first-order chi connectivity index (χ1) is 12.1. The summed E-state index contributed by atoms with van der Waals surface area (Å²) in [7, 11) is 1.64. The second-order valence-electron chi connectivity index (χ2n) is 6.35. The molecule has 1 amide bonds. The van der Waals surface area contributed by atoms with E-state index in [1.54, 1.807) is 20.1 Å². The van der Waals surface area contributed by atoms with Crippen LogP contribution in [0.4, 0.5) is 0 Å². The average molecular weight is 341 g/mol. The normalized spacial score (nSPS) is 17.4. The zero-order chi connectivity index (χ0) is 17.8. The van der Waals surface area contributed by atoms with Crippen molar-refractivity contribution in [3.8, 4) is 5.75 Å². The second-order valence-corrected chi connectivity index (χ2v) is 6.35. The van der Waals surface area contributed by atoms with Gasteiger partial charge in [-0.2, -0.15) is 5.10 Å². The van der Waals surface area contributed by atoms with Crippen LogP contribution in [0.2, 0.25) is 0 Å². The molecule has 2 aromatic rings. The van der Waals surface area contributed by atoms with Crippen LogP contribution in [0.25, 0.3) is 0 Å². The van der Waals surface area contributed by atoms with E-state index in [4.69, 9.17) is 4.74 Å². The number of carbonyl (C=O) groups is 1. The molecular weight excluding hydrogens is 318 g/mol. The summed E-state index contributed by atoms with van der Waals surface area (Å²) in [5.41, 5.74) is 1.53. The van der Waals surface area contributed by atoms with E-state index < -0.39 is 0 Å². The van der Waals surface area contributed by atoms with Gasteiger partial charge in [0.2, 0.25) is 5.91 Å². The average Bonchev–Trinajstić information content (AvgIpc) is 2.64. The SMILES string of the molecule is COc1cccc([C@@H]2CCCCN2C(=O)Cn2nc(C)ccc2=O)c1. The van der Waals surface area contributed by atoms with E-state index in [0.717, 1.165) is 36.3 Å². The summed E-state index contributed by atoms with van der Waals surface area (Å²) in [4.78, 5) is 26.7. The lowest BCUT2D eigenvalue weighted by Crippen LogP contribution is -2.42. The highest BCUT2D eigenvalue weighted by Crippen LogP contribution is 2.32. The minimum atomic E-state index is -0.256. The number of ether oxygens (including phenoxy) is 1. The first kappa shape index (κ1) is 17.2. The topological polar surface area (TPSA) is 64.4 Å². The molecule has 0 aliphatic carbocycles. The summed E-state index contributed by atoms with van der Waals surface area (Å²) >= 11 is 0. The lowest BCUT2D eigenvalue weighted by molar-refractivity contribution is -0.136. The number of hydrogen-bond donors (Lipinski definition) is 0. The summed E-state index contributed by atoms with van der Waals surface area (Å²) in [5, 5.41) is 4.17. The van der Waals surface area contributed by atoms with Gasteiger partial charge < -0.3 is 9.64 Å². The Balaban J connectivity index is 1.83. The fraction of sp³-hybridized carbons (Fsp3) is 0.421. The number of nitrogens with zero attached hydrogens (tertiary/aromatic N) is 3. The van der Waals surface area contributed by atoms with Crippen molar-refractivity contribution in [2.24, 2.45) is 0 Å². The van der Waals surface area contributed by atoms with Crippen LogP contribution in [-0.2, 0) is 11.3 Å².